The van der Waals surface area contributed by atoms with Gasteiger partial charge in [0.25, 0.3) is 5.91 Å². The largest absolute Gasteiger partial charge is 0.299 e. The Labute approximate surface area is 74.1 Å². The Morgan fingerprint density at radius 1 is 1.67 bits per heavy atom. The summed E-state index contributed by atoms with van der Waals surface area (Å²) in [6, 6.07) is 0. The molecule has 0 aliphatic carbocycles. The Balaban J connectivity index is 2.24. The van der Waals surface area contributed by atoms with E-state index < -0.39 is 0 Å². The average Bonchev–Trinajstić information content (AvgIpc) is 2.13. The molecule has 2 aliphatic rings. The number of nitrogens with zero attached hydrogens (tertiary/aromatic N) is 1. The molecule has 0 N–H and O–H groups in total. The molecule has 0 unspecified atom stereocenters. The molecule has 1 saturated heterocycles. The lowest BCUT2D eigenvalue weighted by atomic mass is 10.1. The molecule has 0 saturated carbocycles. The zero-order valence-electron chi connectivity index (χ0n) is 6.27. The summed E-state index contributed by atoms with van der Waals surface area (Å²) in [4.78, 5) is 23.0. The quantitative estimate of drug-likeness (QED) is 0.336. The van der Waals surface area contributed by atoms with Crippen LogP contribution in [0.25, 0.3) is 0 Å². The lowest BCUT2D eigenvalue weighted by Gasteiger charge is -2.41. The number of carbonyl (C=O) groups excluding carboxylic acids is 2. The molecule has 4 heteroatoms. The van der Waals surface area contributed by atoms with Crippen LogP contribution in [-0.2, 0) is 9.59 Å². The Bertz CT molecular complexity index is 295. The maximum absolute atomic E-state index is 11.2. The first-order valence-electron chi connectivity index (χ1n) is 3.61. The van der Waals surface area contributed by atoms with E-state index in [0.717, 1.165) is 5.75 Å². The second kappa shape index (κ2) is 2.79. The average molecular weight is 181 g/mol. The predicted octanol–water partition coefficient (Wildman–Crippen LogP) is 0.540. The zero-order chi connectivity index (χ0) is 8.55. The van der Waals surface area contributed by atoms with E-state index in [-0.39, 0.29) is 11.3 Å². The number of hydrogen-bond donors (Lipinski definition) is 0. The van der Waals surface area contributed by atoms with E-state index in [0.29, 0.717) is 11.9 Å². The second-order valence-corrected chi connectivity index (χ2v) is 3.65. The highest BCUT2D eigenvalue weighted by Gasteiger charge is 2.41. The molecule has 1 atom stereocenters. The smallest absolute Gasteiger partial charge is 0.258 e. The molecule has 2 rings (SSSR count). The van der Waals surface area contributed by atoms with Gasteiger partial charge >= 0.3 is 0 Å². The lowest BCUT2D eigenvalue weighted by Crippen LogP contribution is -2.51. The van der Waals surface area contributed by atoms with Crippen LogP contribution >= 0.6 is 11.8 Å². The SMILES string of the molecule is O=CC=C1C(=O)N2C=CCS[C@H]12. The van der Waals surface area contributed by atoms with Crippen LogP contribution in [0.3, 0.4) is 0 Å². The highest BCUT2D eigenvalue weighted by Crippen LogP contribution is 2.37. The van der Waals surface area contributed by atoms with Crippen LogP contribution in [0.1, 0.15) is 0 Å². The number of amides is 1. The van der Waals surface area contributed by atoms with Crippen LogP contribution in [0.4, 0.5) is 0 Å². The summed E-state index contributed by atoms with van der Waals surface area (Å²) < 4.78 is 0. The summed E-state index contributed by atoms with van der Waals surface area (Å²) in [6.07, 6.45) is 5.75. The Hall–Kier alpha value is -1.03. The van der Waals surface area contributed by atoms with Gasteiger partial charge in [-0.15, -0.1) is 11.8 Å². The molecule has 2 heterocycles. The molecule has 1 amide bonds. The van der Waals surface area contributed by atoms with Gasteiger partial charge in [0.2, 0.25) is 0 Å². The predicted molar refractivity (Wildman–Crippen MR) is 46.4 cm³/mol. The normalized spacial score (nSPS) is 30.0. The van der Waals surface area contributed by atoms with Crippen molar-refractivity contribution in [2.24, 2.45) is 0 Å². The lowest BCUT2D eigenvalue weighted by molar-refractivity contribution is -0.130. The van der Waals surface area contributed by atoms with Crippen molar-refractivity contribution >= 4 is 24.0 Å². The Morgan fingerprint density at radius 3 is 3.25 bits per heavy atom. The van der Waals surface area contributed by atoms with Crippen molar-refractivity contribution in [2.45, 2.75) is 5.37 Å². The molecule has 12 heavy (non-hydrogen) atoms. The molecule has 0 spiro atoms. The summed E-state index contributed by atoms with van der Waals surface area (Å²) in [5, 5.41) is 0.0905. The molecule has 0 bridgehead atoms. The van der Waals surface area contributed by atoms with Crippen molar-refractivity contribution in [2.75, 3.05) is 5.75 Å². The summed E-state index contributed by atoms with van der Waals surface area (Å²) in [5.74, 6) is 0.862. The van der Waals surface area contributed by atoms with Crippen LogP contribution in [0.15, 0.2) is 23.9 Å². The van der Waals surface area contributed by atoms with Gasteiger partial charge in [-0.05, 0) is 6.08 Å². The first kappa shape index (κ1) is 7.61. The fourth-order valence-corrected chi connectivity index (χ4v) is 2.36. The van der Waals surface area contributed by atoms with E-state index in [1.165, 1.54) is 6.08 Å². The molecule has 62 valence electrons. The third kappa shape index (κ3) is 0.914. The number of thioether (sulfide) groups is 1. The van der Waals surface area contributed by atoms with Gasteiger partial charge < -0.3 is 0 Å². The highest BCUT2D eigenvalue weighted by molar-refractivity contribution is 8.00. The van der Waals surface area contributed by atoms with E-state index in [1.54, 1.807) is 22.9 Å². The van der Waals surface area contributed by atoms with Gasteiger partial charge in [0, 0.05) is 12.0 Å². The van der Waals surface area contributed by atoms with Crippen molar-refractivity contribution in [3.05, 3.63) is 23.9 Å². The molecule has 0 aromatic rings. The molecule has 0 aromatic heterocycles. The van der Waals surface area contributed by atoms with Crippen molar-refractivity contribution in [1.29, 1.82) is 0 Å². The number of allylic oxidation sites excluding steroid dienone is 1. The summed E-state index contributed by atoms with van der Waals surface area (Å²) in [6.45, 7) is 0. The highest BCUT2D eigenvalue weighted by atomic mass is 32.2. The number of carbonyl (C=O) groups is 2. The molecular weight excluding hydrogens is 174 g/mol. The third-order valence-corrected chi connectivity index (χ3v) is 3.05. The number of rotatable bonds is 1. The minimum absolute atomic E-state index is 0.0458. The van der Waals surface area contributed by atoms with Crippen LogP contribution < -0.4 is 0 Å². The summed E-state index contributed by atoms with van der Waals surface area (Å²) >= 11 is 1.66. The molecule has 0 radical (unpaired) electrons. The molecule has 1 fully saturated rings. The minimum atomic E-state index is -0.0458. The summed E-state index contributed by atoms with van der Waals surface area (Å²) in [5.41, 5.74) is 0.624. The van der Waals surface area contributed by atoms with E-state index in [1.807, 2.05) is 6.08 Å². The summed E-state index contributed by atoms with van der Waals surface area (Å²) in [7, 11) is 0. The Morgan fingerprint density at radius 2 is 2.50 bits per heavy atom. The second-order valence-electron chi connectivity index (χ2n) is 2.54. The van der Waals surface area contributed by atoms with Gasteiger partial charge in [-0.2, -0.15) is 0 Å². The van der Waals surface area contributed by atoms with Gasteiger partial charge in [-0.3, -0.25) is 14.5 Å². The van der Waals surface area contributed by atoms with Crippen LogP contribution in [0.5, 0.6) is 0 Å². The van der Waals surface area contributed by atoms with Crippen molar-refractivity contribution in [1.82, 2.24) is 4.90 Å². The van der Waals surface area contributed by atoms with E-state index in [2.05, 4.69) is 0 Å². The van der Waals surface area contributed by atoms with E-state index in [4.69, 9.17) is 0 Å². The van der Waals surface area contributed by atoms with Crippen LogP contribution in [0, 0.1) is 0 Å². The fourth-order valence-electron chi connectivity index (χ4n) is 1.29. The maximum Gasteiger partial charge on any atom is 0.258 e. The van der Waals surface area contributed by atoms with Gasteiger partial charge in [0.05, 0.1) is 5.57 Å². The first-order chi connectivity index (χ1) is 5.84. The van der Waals surface area contributed by atoms with Gasteiger partial charge in [-0.1, -0.05) is 6.08 Å². The number of fused-ring (bicyclic) bond motifs is 1. The number of aldehydes is 1. The number of hydrogen-bond acceptors (Lipinski definition) is 3. The van der Waals surface area contributed by atoms with Crippen molar-refractivity contribution < 1.29 is 9.59 Å². The van der Waals surface area contributed by atoms with Gasteiger partial charge in [0.1, 0.15) is 11.7 Å². The standard InChI is InChI=1S/C8H7NO2S/c10-4-2-6-7(11)9-3-1-5-12-8(6)9/h1-4,8H,5H2/t8-/m1/s1. The molecule has 2 aliphatic heterocycles. The van der Waals surface area contributed by atoms with E-state index >= 15 is 0 Å². The fraction of sp³-hybridized carbons (Fsp3) is 0.250. The van der Waals surface area contributed by atoms with Gasteiger partial charge in [0.15, 0.2) is 0 Å². The van der Waals surface area contributed by atoms with E-state index in [9.17, 15) is 9.59 Å². The Kier molecular flexibility index (Phi) is 1.77. The van der Waals surface area contributed by atoms with Crippen LogP contribution in [0.2, 0.25) is 0 Å². The van der Waals surface area contributed by atoms with Crippen molar-refractivity contribution in [3.63, 3.8) is 0 Å². The monoisotopic (exact) mass is 181 g/mol. The van der Waals surface area contributed by atoms with Gasteiger partial charge in [-0.25, -0.2) is 0 Å². The molecular formula is C8H7NO2S. The molecule has 0 aromatic carbocycles. The zero-order valence-corrected chi connectivity index (χ0v) is 7.08. The maximum atomic E-state index is 11.2. The number of β-lactam (4-membered cyclic amide) rings is 1. The van der Waals surface area contributed by atoms with Crippen LogP contribution in [-0.4, -0.2) is 28.2 Å². The first-order valence-corrected chi connectivity index (χ1v) is 4.66. The molecule has 3 nitrogen and oxygen atoms in total. The van der Waals surface area contributed by atoms with Crippen molar-refractivity contribution in [3.8, 4) is 0 Å². The third-order valence-electron chi connectivity index (χ3n) is 1.86. The minimum Gasteiger partial charge on any atom is -0.299 e. The topological polar surface area (TPSA) is 37.4 Å².